The number of anilines is 1. The summed E-state index contributed by atoms with van der Waals surface area (Å²) >= 11 is 1.42. The largest absolute Gasteiger partial charge is 0.462 e. The van der Waals surface area contributed by atoms with E-state index in [1.165, 1.54) is 11.3 Å². The number of amides is 1. The van der Waals surface area contributed by atoms with Gasteiger partial charge in [-0.05, 0) is 26.5 Å². The Kier molecular flexibility index (Phi) is 6.83. The zero-order valence-electron chi connectivity index (χ0n) is 16.7. The second-order valence-electron chi connectivity index (χ2n) is 6.95. The number of rotatable bonds is 6. The molecule has 1 N–H and O–H groups in total. The van der Waals surface area contributed by atoms with Gasteiger partial charge in [0, 0.05) is 36.6 Å². The second kappa shape index (κ2) is 9.32. The Morgan fingerprint density at radius 1 is 1.14 bits per heavy atom. The number of nitrogens with zero attached hydrogens (tertiary/aromatic N) is 2. The lowest BCUT2D eigenvalue weighted by atomic mass is 10.0. The first kappa shape index (κ1) is 20.5. The zero-order valence-corrected chi connectivity index (χ0v) is 17.5. The number of aryl methyl sites for hydroxylation is 1. The zero-order chi connectivity index (χ0) is 20.1. The summed E-state index contributed by atoms with van der Waals surface area (Å²) in [5.74, 6) is -0.503. The van der Waals surface area contributed by atoms with Crippen LogP contribution in [0.3, 0.4) is 0 Å². The van der Waals surface area contributed by atoms with Crippen molar-refractivity contribution in [3.05, 3.63) is 40.8 Å². The number of benzene rings is 1. The molecule has 2 aromatic rings. The smallest absolute Gasteiger partial charge is 0.341 e. The van der Waals surface area contributed by atoms with Gasteiger partial charge in [0.25, 0.3) is 0 Å². The highest BCUT2D eigenvalue weighted by molar-refractivity contribution is 7.17. The Morgan fingerprint density at radius 3 is 2.46 bits per heavy atom. The Balaban J connectivity index is 1.84. The first-order valence-electron chi connectivity index (χ1n) is 9.56. The molecule has 0 spiro atoms. The molecule has 1 fully saturated rings. The van der Waals surface area contributed by atoms with Gasteiger partial charge in [0.2, 0.25) is 5.91 Å². The minimum absolute atomic E-state index is 0.101. The SMILES string of the molecule is CCOC(=O)c1c(NC(=O)CN2CCN(C)CC2)sc(C)c1-c1ccccc1. The van der Waals surface area contributed by atoms with Crippen molar-refractivity contribution in [2.24, 2.45) is 0 Å². The Bertz CT molecular complexity index is 827. The minimum Gasteiger partial charge on any atom is -0.462 e. The first-order valence-corrected chi connectivity index (χ1v) is 10.4. The van der Waals surface area contributed by atoms with Crippen LogP contribution in [0.4, 0.5) is 5.00 Å². The minimum atomic E-state index is -0.402. The molecule has 1 aliphatic heterocycles. The lowest BCUT2D eigenvalue weighted by Crippen LogP contribution is -2.47. The van der Waals surface area contributed by atoms with Gasteiger partial charge >= 0.3 is 5.97 Å². The molecule has 0 atom stereocenters. The molecule has 7 heteroatoms. The van der Waals surface area contributed by atoms with Gasteiger partial charge in [-0.2, -0.15) is 0 Å². The van der Waals surface area contributed by atoms with Crippen LogP contribution in [0.1, 0.15) is 22.2 Å². The number of hydrogen-bond acceptors (Lipinski definition) is 6. The monoisotopic (exact) mass is 401 g/mol. The van der Waals surface area contributed by atoms with Gasteiger partial charge in [-0.25, -0.2) is 4.79 Å². The van der Waals surface area contributed by atoms with E-state index < -0.39 is 5.97 Å². The number of carbonyl (C=O) groups excluding carboxylic acids is 2. The molecule has 1 aromatic carbocycles. The van der Waals surface area contributed by atoms with E-state index in [1.807, 2.05) is 37.3 Å². The van der Waals surface area contributed by atoms with E-state index in [2.05, 4.69) is 22.2 Å². The van der Waals surface area contributed by atoms with Crippen LogP contribution < -0.4 is 5.32 Å². The van der Waals surface area contributed by atoms with E-state index in [4.69, 9.17) is 4.74 Å². The van der Waals surface area contributed by atoms with E-state index >= 15 is 0 Å². The average molecular weight is 402 g/mol. The van der Waals surface area contributed by atoms with Crippen LogP contribution in [-0.2, 0) is 9.53 Å². The maximum atomic E-state index is 12.7. The van der Waals surface area contributed by atoms with E-state index in [-0.39, 0.29) is 12.5 Å². The Morgan fingerprint density at radius 2 is 1.82 bits per heavy atom. The van der Waals surface area contributed by atoms with Crippen molar-refractivity contribution in [2.45, 2.75) is 13.8 Å². The van der Waals surface area contributed by atoms with Crippen molar-refractivity contribution in [3.8, 4) is 11.1 Å². The number of likely N-dealkylation sites (N-methyl/N-ethyl adjacent to an activating group) is 1. The molecule has 6 nitrogen and oxygen atoms in total. The fraction of sp³-hybridized carbons (Fsp3) is 0.429. The summed E-state index contributed by atoms with van der Waals surface area (Å²) in [6, 6.07) is 9.75. The lowest BCUT2D eigenvalue weighted by Gasteiger charge is -2.31. The third-order valence-corrected chi connectivity index (χ3v) is 5.86. The van der Waals surface area contributed by atoms with Gasteiger partial charge in [0.15, 0.2) is 0 Å². The van der Waals surface area contributed by atoms with Crippen molar-refractivity contribution in [1.29, 1.82) is 0 Å². The predicted molar refractivity (Wildman–Crippen MR) is 113 cm³/mol. The molecule has 1 amide bonds. The molecule has 1 saturated heterocycles. The fourth-order valence-corrected chi connectivity index (χ4v) is 4.44. The molecular weight excluding hydrogens is 374 g/mol. The maximum absolute atomic E-state index is 12.7. The van der Waals surface area contributed by atoms with Crippen molar-refractivity contribution < 1.29 is 14.3 Å². The van der Waals surface area contributed by atoms with Crippen molar-refractivity contribution >= 4 is 28.2 Å². The van der Waals surface area contributed by atoms with Gasteiger partial charge in [-0.1, -0.05) is 30.3 Å². The summed E-state index contributed by atoms with van der Waals surface area (Å²) in [6.07, 6.45) is 0. The van der Waals surface area contributed by atoms with Crippen LogP contribution in [0.25, 0.3) is 11.1 Å². The second-order valence-corrected chi connectivity index (χ2v) is 8.18. The molecule has 1 aliphatic rings. The number of carbonyl (C=O) groups is 2. The highest BCUT2D eigenvalue weighted by Gasteiger charge is 2.26. The molecule has 1 aromatic heterocycles. The molecule has 0 radical (unpaired) electrons. The number of esters is 1. The number of thiophene rings is 1. The van der Waals surface area contributed by atoms with Crippen LogP contribution >= 0.6 is 11.3 Å². The standard InChI is InChI=1S/C21H27N3O3S/c1-4-27-21(26)19-18(16-8-6-5-7-9-16)15(2)28-20(19)22-17(25)14-24-12-10-23(3)11-13-24/h5-9H,4,10-14H2,1-3H3,(H,22,25). The molecule has 0 aliphatic carbocycles. The van der Waals surface area contributed by atoms with E-state index in [0.29, 0.717) is 17.1 Å². The maximum Gasteiger partial charge on any atom is 0.341 e. The Labute approximate surface area is 170 Å². The molecule has 0 unspecified atom stereocenters. The third kappa shape index (κ3) is 4.79. The predicted octanol–water partition coefficient (Wildman–Crippen LogP) is 3.09. The van der Waals surface area contributed by atoms with Gasteiger partial charge in [-0.15, -0.1) is 11.3 Å². The molecule has 3 rings (SSSR count). The van der Waals surface area contributed by atoms with Crippen LogP contribution in [0.15, 0.2) is 30.3 Å². The topological polar surface area (TPSA) is 61.9 Å². The van der Waals surface area contributed by atoms with Crippen LogP contribution in [0, 0.1) is 6.92 Å². The van der Waals surface area contributed by atoms with Crippen molar-refractivity contribution in [2.75, 3.05) is 51.7 Å². The van der Waals surface area contributed by atoms with Crippen molar-refractivity contribution in [1.82, 2.24) is 9.80 Å². The van der Waals surface area contributed by atoms with Crippen LogP contribution in [0.2, 0.25) is 0 Å². The van der Waals surface area contributed by atoms with Crippen LogP contribution in [-0.4, -0.2) is 68.1 Å². The summed E-state index contributed by atoms with van der Waals surface area (Å²) in [6.45, 7) is 8.01. The molecule has 2 heterocycles. The number of hydrogen-bond donors (Lipinski definition) is 1. The number of nitrogens with one attached hydrogen (secondary N) is 1. The lowest BCUT2D eigenvalue weighted by molar-refractivity contribution is -0.117. The fourth-order valence-electron chi connectivity index (χ4n) is 3.36. The summed E-state index contributed by atoms with van der Waals surface area (Å²) < 4.78 is 5.29. The number of ether oxygens (including phenoxy) is 1. The Hall–Kier alpha value is -2.22. The van der Waals surface area contributed by atoms with Gasteiger partial charge in [-0.3, -0.25) is 9.69 Å². The van der Waals surface area contributed by atoms with E-state index in [1.54, 1.807) is 6.92 Å². The molecule has 0 bridgehead atoms. The third-order valence-electron chi connectivity index (χ3n) is 4.84. The normalized spacial score (nSPS) is 15.4. The van der Waals surface area contributed by atoms with Crippen LogP contribution in [0.5, 0.6) is 0 Å². The average Bonchev–Trinajstić information content (AvgIpc) is 3.00. The quantitative estimate of drug-likeness (QED) is 0.754. The van der Waals surface area contributed by atoms with Gasteiger partial charge in [0.1, 0.15) is 10.6 Å². The number of piperazine rings is 1. The summed E-state index contributed by atoms with van der Waals surface area (Å²) in [5.41, 5.74) is 2.22. The van der Waals surface area contributed by atoms with Gasteiger partial charge in [0.05, 0.1) is 13.2 Å². The first-order chi connectivity index (χ1) is 13.5. The summed E-state index contributed by atoms with van der Waals surface area (Å²) in [5, 5.41) is 3.53. The molecule has 28 heavy (non-hydrogen) atoms. The highest BCUT2D eigenvalue weighted by Crippen LogP contribution is 2.40. The van der Waals surface area contributed by atoms with Crippen molar-refractivity contribution in [3.63, 3.8) is 0 Å². The van der Waals surface area contributed by atoms with E-state index in [9.17, 15) is 9.59 Å². The van der Waals surface area contributed by atoms with Gasteiger partial charge < -0.3 is 15.0 Å². The highest BCUT2D eigenvalue weighted by atomic mass is 32.1. The molecule has 0 saturated carbocycles. The molecule has 150 valence electrons. The summed E-state index contributed by atoms with van der Waals surface area (Å²) in [4.78, 5) is 30.7. The molecular formula is C21H27N3O3S. The summed E-state index contributed by atoms with van der Waals surface area (Å²) in [7, 11) is 2.09. The van der Waals surface area contributed by atoms with E-state index in [0.717, 1.165) is 42.2 Å².